The molecule has 0 bridgehead atoms. The molecule has 3 amide bonds. The van der Waals surface area contributed by atoms with Crippen molar-refractivity contribution in [2.75, 3.05) is 13.2 Å². The van der Waals surface area contributed by atoms with Crippen LogP contribution >= 0.6 is 0 Å². The lowest BCUT2D eigenvalue weighted by Crippen LogP contribution is -2.41. The summed E-state index contributed by atoms with van der Waals surface area (Å²) in [5, 5.41) is 13.5. The summed E-state index contributed by atoms with van der Waals surface area (Å²) in [6.07, 6.45) is 0. The third kappa shape index (κ3) is 3.40. The van der Waals surface area contributed by atoms with Gasteiger partial charge in [0.05, 0.1) is 11.5 Å². The summed E-state index contributed by atoms with van der Waals surface area (Å²) in [4.78, 5) is 36.6. The molecule has 8 heteroatoms. The van der Waals surface area contributed by atoms with Gasteiger partial charge < -0.3 is 10.1 Å². The summed E-state index contributed by atoms with van der Waals surface area (Å²) in [5.74, 6) is 0.323. The van der Waals surface area contributed by atoms with Gasteiger partial charge in [0.1, 0.15) is 17.9 Å². The zero-order valence-electron chi connectivity index (χ0n) is 15.9. The number of urea groups is 1. The van der Waals surface area contributed by atoms with Crippen molar-refractivity contribution in [2.24, 2.45) is 0 Å². The first-order valence-electron chi connectivity index (χ1n) is 8.82. The second kappa shape index (κ2) is 7.30. The molecule has 8 nitrogen and oxygen atoms in total. The largest absolute Gasteiger partial charge is 0.491 e. The normalized spacial score (nSPS) is 18.9. The molecular formula is C20H21N3O5. The predicted octanol–water partition coefficient (Wildman–Crippen LogP) is 3.06. The van der Waals surface area contributed by atoms with Crippen LogP contribution < -0.4 is 10.1 Å². The molecule has 0 aromatic heterocycles. The Balaban J connectivity index is 1.71. The lowest BCUT2D eigenvalue weighted by molar-refractivity contribution is -0.384. The van der Waals surface area contributed by atoms with E-state index in [0.717, 1.165) is 21.8 Å². The lowest BCUT2D eigenvalue weighted by atomic mass is 9.92. The van der Waals surface area contributed by atoms with Crippen LogP contribution in [0.3, 0.4) is 0 Å². The highest BCUT2D eigenvalue weighted by molar-refractivity contribution is 6.07. The fourth-order valence-electron chi connectivity index (χ4n) is 3.28. The molecule has 2 aromatic rings. The first-order valence-corrected chi connectivity index (χ1v) is 8.82. The number of carbonyl (C=O) groups is 2. The molecule has 146 valence electrons. The van der Waals surface area contributed by atoms with Crippen LogP contribution in [0.5, 0.6) is 5.75 Å². The Labute approximate surface area is 162 Å². The van der Waals surface area contributed by atoms with Crippen molar-refractivity contribution in [1.82, 2.24) is 10.2 Å². The SMILES string of the molecule is Cc1cccc(C)c1OCCN1C(=O)N[C@@](C)(c2ccc([N+](=O)[O-])cc2)C1=O. The zero-order chi connectivity index (χ0) is 20.5. The van der Waals surface area contributed by atoms with Gasteiger partial charge in [0.25, 0.3) is 11.6 Å². The number of nitro benzene ring substituents is 1. The molecule has 0 saturated carbocycles. The number of non-ortho nitro benzene ring substituents is 1. The highest BCUT2D eigenvalue weighted by Gasteiger charge is 2.48. The van der Waals surface area contributed by atoms with E-state index >= 15 is 0 Å². The van der Waals surface area contributed by atoms with E-state index in [-0.39, 0.29) is 18.8 Å². The molecule has 1 fully saturated rings. The molecule has 28 heavy (non-hydrogen) atoms. The standard InChI is InChI=1S/C20H21N3O5/c1-13-5-4-6-14(2)17(13)28-12-11-22-18(24)20(3,21-19(22)25)15-7-9-16(10-8-15)23(26)27/h4-10H,11-12H2,1-3H3,(H,21,25)/t20-/m0/s1. The molecule has 1 heterocycles. The number of amides is 3. The van der Waals surface area contributed by atoms with Crippen LogP contribution in [0.2, 0.25) is 0 Å². The Kier molecular flexibility index (Phi) is 5.04. The van der Waals surface area contributed by atoms with E-state index in [9.17, 15) is 19.7 Å². The molecule has 0 spiro atoms. The lowest BCUT2D eigenvalue weighted by Gasteiger charge is -2.22. The van der Waals surface area contributed by atoms with Crippen LogP contribution in [0.4, 0.5) is 10.5 Å². The second-order valence-electron chi connectivity index (χ2n) is 6.89. The van der Waals surface area contributed by atoms with E-state index in [2.05, 4.69) is 5.32 Å². The Morgan fingerprint density at radius 3 is 2.29 bits per heavy atom. The summed E-state index contributed by atoms with van der Waals surface area (Å²) in [5.41, 5.74) is 1.09. The van der Waals surface area contributed by atoms with Gasteiger partial charge in [0.15, 0.2) is 0 Å². The van der Waals surface area contributed by atoms with Gasteiger partial charge in [0, 0.05) is 12.1 Å². The number of rotatable bonds is 6. The maximum Gasteiger partial charge on any atom is 0.325 e. The van der Waals surface area contributed by atoms with E-state index in [1.165, 1.54) is 24.3 Å². The highest BCUT2D eigenvalue weighted by Crippen LogP contribution is 2.30. The molecule has 2 aromatic carbocycles. The minimum atomic E-state index is -1.27. The quantitative estimate of drug-likeness (QED) is 0.469. The fraction of sp³-hybridized carbons (Fsp3) is 0.300. The summed E-state index contributed by atoms with van der Waals surface area (Å²) >= 11 is 0. The van der Waals surface area contributed by atoms with Crippen LogP contribution in [-0.4, -0.2) is 34.9 Å². The zero-order valence-corrected chi connectivity index (χ0v) is 15.9. The number of imide groups is 1. The molecule has 0 unspecified atom stereocenters. The topological polar surface area (TPSA) is 102 Å². The van der Waals surface area contributed by atoms with Crippen molar-refractivity contribution in [3.63, 3.8) is 0 Å². The number of ether oxygens (including phenoxy) is 1. The monoisotopic (exact) mass is 383 g/mol. The molecular weight excluding hydrogens is 362 g/mol. The van der Waals surface area contributed by atoms with Gasteiger partial charge in [-0.3, -0.25) is 19.8 Å². The molecule has 3 rings (SSSR count). The van der Waals surface area contributed by atoms with Crippen LogP contribution in [0.15, 0.2) is 42.5 Å². The minimum Gasteiger partial charge on any atom is -0.491 e. The number of aryl methyl sites for hydroxylation is 2. The number of para-hydroxylation sites is 1. The van der Waals surface area contributed by atoms with Gasteiger partial charge in [-0.05, 0) is 49.6 Å². The number of nitrogens with one attached hydrogen (secondary N) is 1. The summed E-state index contributed by atoms with van der Waals surface area (Å²) in [6.45, 7) is 5.71. The summed E-state index contributed by atoms with van der Waals surface area (Å²) in [7, 11) is 0. The number of nitrogens with zero attached hydrogens (tertiary/aromatic N) is 2. The van der Waals surface area contributed by atoms with Crippen LogP contribution in [-0.2, 0) is 10.3 Å². The van der Waals surface area contributed by atoms with Crippen molar-refractivity contribution in [1.29, 1.82) is 0 Å². The first-order chi connectivity index (χ1) is 13.2. The smallest absolute Gasteiger partial charge is 0.325 e. The van der Waals surface area contributed by atoms with Crippen molar-refractivity contribution in [2.45, 2.75) is 26.3 Å². The Morgan fingerprint density at radius 2 is 1.71 bits per heavy atom. The highest BCUT2D eigenvalue weighted by atomic mass is 16.6. The fourth-order valence-corrected chi connectivity index (χ4v) is 3.28. The van der Waals surface area contributed by atoms with Crippen molar-refractivity contribution >= 4 is 17.6 Å². The molecule has 1 aliphatic rings. The molecule has 0 aliphatic carbocycles. The summed E-state index contributed by atoms with van der Waals surface area (Å²) in [6, 6.07) is 10.9. The minimum absolute atomic E-state index is 0.0806. The number of carbonyl (C=O) groups excluding carboxylic acids is 2. The van der Waals surface area contributed by atoms with Gasteiger partial charge in [-0.2, -0.15) is 0 Å². The van der Waals surface area contributed by atoms with E-state index in [1.807, 2.05) is 32.0 Å². The van der Waals surface area contributed by atoms with Gasteiger partial charge >= 0.3 is 6.03 Å². The second-order valence-corrected chi connectivity index (χ2v) is 6.89. The first kappa shape index (κ1) is 19.3. The molecule has 1 N–H and O–H groups in total. The Morgan fingerprint density at radius 1 is 1.11 bits per heavy atom. The number of hydrogen-bond donors (Lipinski definition) is 1. The molecule has 0 radical (unpaired) electrons. The predicted molar refractivity (Wildman–Crippen MR) is 102 cm³/mol. The molecule has 1 atom stereocenters. The average Bonchev–Trinajstić information content (AvgIpc) is 2.88. The average molecular weight is 383 g/mol. The maximum atomic E-state index is 12.9. The third-order valence-corrected chi connectivity index (χ3v) is 4.90. The van der Waals surface area contributed by atoms with Gasteiger partial charge in [-0.1, -0.05) is 18.2 Å². The number of hydrogen-bond acceptors (Lipinski definition) is 5. The van der Waals surface area contributed by atoms with Crippen LogP contribution in [0.25, 0.3) is 0 Å². The number of benzene rings is 2. The van der Waals surface area contributed by atoms with Crippen LogP contribution in [0.1, 0.15) is 23.6 Å². The van der Waals surface area contributed by atoms with E-state index in [4.69, 9.17) is 4.74 Å². The Bertz CT molecular complexity index is 921. The maximum absolute atomic E-state index is 12.9. The van der Waals surface area contributed by atoms with Gasteiger partial charge in [-0.15, -0.1) is 0 Å². The van der Waals surface area contributed by atoms with Crippen LogP contribution in [0, 0.1) is 24.0 Å². The number of nitro groups is 1. The van der Waals surface area contributed by atoms with Gasteiger partial charge in [-0.25, -0.2) is 4.79 Å². The van der Waals surface area contributed by atoms with Crippen molar-refractivity contribution in [3.05, 3.63) is 69.3 Å². The third-order valence-electron chi connectivity index (χ3n) is 4.90. The Hall–Kier alpha value is -3.42. The van der Waals surface area contributed by atoms with Gasteiger partial charge in [0.2, 0.25) is 0 Å². The molecule has 1 saturated heterocycles. The van der Waals surface area contributed by atoms with E-state index < -0.39 is 22.4 Å². The van der Waals surface area contributed by atoms with Crippen molar-refractivity contribution in [3.8, 4) is 5.75 Å². The van der Waals surface area contributed by atoms with Crippen molar-refractivity contribution < 1.29 is 19.2 Å². The molecule has 1 aliphatic heterocycles. The summed E-state index contributed by atoms with van der Waals surface area (Å²) < 4.78 is 5.79. The van der Waals surface area contributed by atoms with E-state index in [0.29, 0.717) is 5.56 Å². The van der Waals surface area contributed by atoms with E-state index in [1.54, 1.807) is 6.92 Å².